The van der Waals surface area contributed by atoms with Gasteiger partial charge in [0.1, 0.15) is 5.69 Å². The molecule has 0 radical (unpaired) electrons. The van der Waals surface area contributed by atoms with Crippen LogP contribution in [0.25, 0.3) is 0 Å². The van der Waals surface area contributed by atoms with Gasteiger partial charge < -0.3 is 5.73 Å². The summed E-state index contributed by atoms with van der Waals surface area (Å²) in [5, 5.41) is 11.4. The normalized spacial score (nSPS) is 11.0. The first-order valence-corrected chi connectivity index (χ1v) is 9.77. The van der Waals surface area contributed by atoms with Crippen molar-refractivity contribution in [2.75, 3.05) is 5.73 Å². The highest BCUT2D eigenvalue weighted by Gasteiger charge is 2.21. The first kappa shape index (κ1) is 20.0. The predicted molar refractivity (Wildman–Crippen MR) is 116 cm³/mol. The molecule has 0 saturated carbocycles. The monoisotopic (exact) mass is 439 g/mol. The van der Waals surface area contributed by atoms with Crippen LogP contribution >= 0.6 is 15.9 Å². The van der Waals surface area contributed by atoms with Crippen LogP contribution in [0.1, 0.15) is 22.3 Å². The lowest BCUT2D eigenvalue weighted by Gasteiger charge is -2.25. The van der Waals surface area contributed by atoms with Gasteiger partial charge in [0.2, 0.25) is 0 Å². The van der Waals surface area contributed by atoms with Gasteiger partial charge in [-0.05, 0) is 23.6 Å². The second-order valence-corrected chi connectivity index (χ2v) is 7.62. The molecule has 28 heavy (non-hydrogen) atoms. The molecule has 3 aromatic rings. The molecule has 0 saturated heterocycles. The van der Waals surface area contributed by atoms with Gasteiger partial charge in [-0.3, -0.25) is 15.0 Å². The van der Waals surface area contributed by atoms with Crippen molar-refractivity contribution < 1.29 is 4.92 Å². The van der Waals surface area contributed by atoms with Crippen molar-refractivity contribution >= 4 is 27.3 Å². The molecule has 2 N–H and O–H groups in total. The predicted octanol–water partition coefficient (Wildman–Crippen LogP) is 5.45. The summed E-state index contributed by atoms with van der Waals surface area (Å²) < 4.78 is 0.697. The summed E-state index contributed by atoms with van der Waals surface area (Å²) in [6.07, 6.45) is 0. The number of nitrogens with two attached hydrogens (primary N) is 1. The quantitative estimate of drug-likeness (QED) is 0.301. The standard InChI is InChI=1S/C22H22BrN3O2/c1-16-19(22(24)21(26(27)28)12-20(16)23)15-25(13-17-8-4-2-5-9-17)14-18-10-6-3-7-11-18/h2-12H,13-15,24H2,1H3. The van der Waals surface area contributed by atoms with Crippen LogP contribution in [0.3, 0.4) is 0 Å². The van der Waals surface area contributed by atoms with E-state index in [9.17, 15) is 10.1 Å². The molecule has 0 bridgehead atoms. The van der Waals surface area contributed by atoms with Gasteiger partial charge in [-0.15, -0.1) is 0 Å². The van der Waals surface area contributed by atoms with Crippen LogP contribution in [0.2, 0.25) is 0 Å². The second kappa shape index (κ2) is 8.99. The van der Waals surface area contributed by atoms with E-state index in [1.54, 1.807) is 0 Å². The maximum atomic E-state index is 11.4. The van der Waals surface area contributed by atoms with E-state index in [0.717, 1.165) is 24.2 Å². The average Bonchev–Trinajstić information content (AvgIpc) is 2.69. The first-order chi connectivity index (χ1) is 13.5. The zero-order valence-corrected chi connectivity index (χ0v) is 17.2. The van der Waals surface area contributed by atoms with Gasteiger partial charge in [0.15, 0.2) is 0 Å². The average molecular weight is 440 g/mol. The molecule has 3 aromatic carbocycles. The van der Waals surface area contributed by atoms with E-state index < -0.39 is 4.92 Å². The molecule has 0 aliphatic carbocycles. The summed E-state index contributed by atoms with van der Waals surface area (Å²) in [7, 11) is 0. The third-order valence-corrected chi connectivity index (χ3v) is 5.58. The van der Waals surface area contributed by atoms with Gasteiger partial charge in [0.05, 0.1) is 4.92 Å². The van der Waals surface area contributed by atoms with Crippen molar-refractivity contribution in [2.45, 2.75) is 26.6 Å². The number of benzene rings is 3. The van der Waals surface area contributed by atoms with Crippen LogP contribution in [0, 0.1) is 17.0 Å². The SMILES string of the molecule is Cc1c(Br)cc([N+](=O)[O-])c(N)c1CN(Cc1ccccc1)Cc1ccccc1. The van der Waals surface area contributed by atoms with Gasteiger partial charge in [-0.1, -0.05) is 76.6 Å². The lowest BCUT2D eigenvalue weighted by Crippen LogP contribution is -2.24. The molecule has 5 nitrogen and oxygen atoms in total. The van der Waals surface area contributed by atoms with E-state index in [1.165, 1.54) is 17.2 Å². The Hall–Kier alpha value is -2.70. The van der Waals surface area contributed by atoms with Crippen molar-refractivity contribution in [3.63, 3.8) is 0 Å². The molecule has 0 aliphatic heterocycles. The summed E-state index contributed by atoms with van der Waals surface area (Å²) in [5.74, 6) is 0. The zero-order chi connectivity index (χ0) is 20.1. The number of nitro groups is 1. The van der Waals surface area contributed by atoms with Crippen molar-refractivity contribution in [1.29, 1.82) is 0 Å². The summed E-state index contributed by atoms with van der Waals surface area (Å²) in [6.45, 7) is 3.88. The minimum Gasteiger partial charge on any atom is -0.393 e. The molecule has 0 spiro atoms. The summed E-state index contributed by atoms with van der Waals surface area (Å²) in [5.41, 5.74) is 10.4. The Labute approximate surface area is 173 Å². The maximum Gasteiger partial charge on any atom is 0.293 e. The Kier molecular flexibility index (Phi) is 6.44. The molecule has 0 fully saturated rings. The number of hydrogen-bond acceptors (Lipinski definition) is 4. The Bertz CT molecular complexity index is 921. The van der Waals surface area contributed by atoms with Gasteiger partial charge in [-0.2, -0.15) is 0 Å². The molecular weight excluding hydrogens is 418 g/mol. The fraction of sp³-hybridized carbons (Fsp3) is 0.182. The van der Waals surface area contributed by atoms with Gasteiger partial charge in [-0.25, -0.2) is 0 Å². The number of nitrogen functional groups attached to an aromatic ring is 1. The molecule has 0 aliphatic rings. The maximum absolute atomic E-state index is 11.4. The van der Waals surface area contributed by atoms with E-state index in [0.29, 0.717) is 11.0 Å². The number of rotatable bonds is 7. The van der Waals surface area contributed by atoms with E-state index in [4.69, 9.17) is 5.73 Å². The number of nitrogens with zero attached hydrogens (tertiary/aromatic N) is 2. The molecule has 0 amide bonds. The summed E-state index contributed by atoms with van der Waals surface area (Å²) >= 11 is 3.44. The Morgan fingerprint density at radius 3 is 1.93 bits per heavy atom. The zero-order valence-electron chi connectivity index (χ0n) is 15.6. The minimum absolute atomic E-state index is 0.0631. The topological polar surface area (TPSA) is 72.4 Å². The molecule has 144 valence electrons. The summed E-state index contributed by atoms with van der Waals surface area (Å²) in [6, 6.07) is 21.8. The molecule has 0 heterocycles. The van der Waals surface area contributed by atoms with Crippen molar-refractivity contribution in [2.24, 2.45) is 0 Å². The number of anilines is 1. The Morgan fingerprint density at radius 1 is 0.964 bits per heavy atom. The Morgan fingerprint density at radius 2 is 1.46 bits per heavy atom. The third-order valence-electron chi connectivity index (χ3n) is 4.75. The van der Waals surface area contributed by atoms with Crippen molar-refractivity contribution in [1.82, 2.24) is 4.90 Å². The smallest absolute Gasteiger partial charge is 0.293 e. The molecule has 3 rings (SSSR count). The van der Waals surface area contributed by atoms with Crippen LogP contribution in [-0.2, 0) is 19.6 Å². The van der Waals surface area contributed by atoms with Crippen LogP contribution in [0.15, 0.2) is 71.2 Å². The van der Waals surface area contributed by atoms with Gasteiger partial charge >= 0.3 is 0 Å². The lowest BCUT2D eigenvalue weighted by molar-refractivity contribution is -0.384. The number of hydrogen-bond donors (Lipinski definition) is 1. The molecular formula is C22H22BrN3O2. The van der Waals surface area contributed by atoms with Crippen LogP contribution in [-0.4, -0.2) is 9.82 Å². The highest BCUT2D eigenvalue weighted by molar-refractivity contribution is 9.10. The fourth-order valence-electron chi connectivity index (χ4n) is 3.24. The van der Waals surface area contributed by atoms with E-state index >= 15 is 0 Å². The Balaban J connectivity index is 1.96. The van der Waals surface area contributed by atoms with E-state index in [2.05, 4.69) is 45.1 Å². The number of nitro benzene ring substituents is 1. The van der Waals surface area contributed by atoms with Crippen molar-refractivity contribution in [3.8, 4) is 0 Å². The van der Waals surface area contributed by atoms with Gasteiger partial charge in [0.25, 0.3) is 5.69 Å². The molecule has 0 unspecified atom stereocenters. The molecule has 0 aromatic heterocycles. The summed E-state index contributed by atoms with van der Waals surface area (Å²) in [4.78, 5) is 13.2. The lowest BCUT2D eigenvalue weighted by atomic mass is 10.0. The fourth-order valence-corrected chi connectivity index (χ4v) is 3.69. The first-order valence-electron chi connectivity index (χ1n) is 8.97. The third kappa shape index (κ3) is 4.77. The highest BCUT2D eigenvalue weighted by Crippen LogP contribution is 2.35. The van der Waals surface area contributed by atoms with Crippen LogP contribution in [0.5, 0.6) is 0 Å². The van der Waals surface area contributed by atoms with Crippen molar-refractivity contribution in [3.05, 3.63) is 104 Å². The largest absolute Gasteiger partial charge is 0.393 e. The molecule has 6 heteroatoms. The number of halogens is 1. The minimum atomic E-state index is -0.429. The van der Waals surface area contributed by atoms with E-state index in [-0.39, 0.29) is 11.4 Å². The second-order valence-electron chi connectivity index (χ2n) is 6.77. The molecule has 0 atom stereocenters. The van der Waals surface area contributed by atoms with E-state index in [1.807, 2.05) is 43.3 Å². The van der Waals surface area contributed by atoms with Crippen LogP contribution in [0.4, 0.5) is 11.4 Å². The highest BCUT2D eigenvalue weighted by atomic mass is 79.9. The van der Waals surface area contributed by atoms with Gasteiger partial charge in [0, 0.05) is 35.7 Å². The van der Waals surface area contributed by atoms with Crippen LogP contribution < -0.4 is 5.73 Å².